The Morgan fingerprint density at radius 1 is 1.00 bits per heavy atom. The number of nitrogens with zero attached hydrogens (tertiary/aromatic N) is 1. The third-order valence-corrected chi connectivity index (χ3v) is 0.600. The molecule has 0 rings (SSSR count). The summed E-state index contributed by atoms with van der Waals surface area (Å²) in [5.41, 5.74) is 0. The van der Waals surface area contributed by atoms with Crippen LogP contribution in [-0.4, -0.2) is 47.8 Å². The van der Waals surface area contributed by atoms with E-state index in [0.29, 0.717) is 0 Å². The molecule has 5 N–H and O–H groups in total. The minimum atomic E-state index is -3.58. The summed E-state index contributed by atoms with van der Waals surface area (Å²) in [5, 5.41) is 24.4. The maximum absolute atomic E-state index is 8.81. The molecular weight excluding hydrogens is 194 g/mol. The van der Waals surface area contributed by atoms with Gasteiger partial charge in [-0.2, -0.15) is 0 Å². The van der Waals surface area contributed by atoms with Crippen LogP contribution in [0.4, 0.5) is 0 Å². The fourth-order valence-electron chi connectivity index (χ4n) is 0.134. The normalized spacial score (nSPS) is 8.91. The predicted molar refractivity (Wildman–Crippen MR) is 28.2 cm³/mol. The van der Waals surface area contributed by atoms with Gasteiger partial charge >= 0.3 is 29.3 Å². The monoisotopic (exact) mass is 205 g/mol. The van der Waals surface area contributed by atoms with Crippen LogP contribution >= 0.6 is 0 Å². The first-order valence-electron chi connectivity index (χ1n) is 2.55. The first-order valence-corrected chi connectivity index (χ1v) is 4.58. The number of aliphatic hydroxyl groups is 3. The van der Waals surface area contributed by atoms with Crippen LogP contribution < -0.4 is 0 Å². The number of hydrogen-bond acceptors (Lipinski definition) is 5. The molecule has 0 saturated heterocycles. The van der Waals surface area contributed by atoms with Gasteiger partial charge in [0, 0.05) is 0 Å². The second-order valence-electron chi connectivity index (χ2n) is 1.38. The Balaban J connectivity index is 0. The molecule has 0 unspecified atom stereocenters. The molecule has 0 radical (unpaired) electrons. The van der Waals surface area contributed by atoms with Crippen LogP contribution in [0.15, 0.2) is 0 Å². The minimum absolute atomic E-state index is 0.312. The Kier molecular flexibility index (Phi) is 12.9. The summed E-state index contributed by atoms with van der Waals surface area (Å²) >= 11 is -3.58. The van der Waals surface area contributed by atoms with Gasteiger partial charge in [-0.3, -0.25) is 0 Å². The van der Waals surface area contributed by atoms with Crippen LogP contribution in [0.1, 0.15) is 0 Å². The number of hydrogen-bond donors (Lipinski definition) is 5. The van der Waals surface area contributed by atoms with E-state index in [-0.39, 0.29) is 20.2 Å². The summed E-state index contributed by atoms with van der Waals surface area (Å²) in [5.74, 6) is 0. The van der Waals surface area contributed by atoms with E-state index in [9.17, 15) is 0 Å². The average Bonchev–Trinajstić information content (AvgIpc) is 1.90. The van der Waals surface area contributed by atoms with Crippen LogP contribution in [0.25, 0.3) is 0 Å². The van der Waals surface area contributed by atoms with E-state index in [4.69, 9.17) is 26.0 Å². The summed E-state index contributed by atoms with van der Waals surface area (Å²) in [7, 11) is 0. The van der Waals surface area contributed by atoms with Gasteiger partial charge in [-0.1, -0.05) is 0 Å². The van der Waals surface area contributed by atoms with E-state index in [1.54, 1.807) is 0 Å². The van der Waals surface area contributed by atoms with Gasteiger partial charge in [-0.15, -0.1) is 0 Å². The van der Waals surface area contributed by atoms with Gasteiger partial charge in [-0.05, 0) is 0 Å². The van der Waals surface area contributed by atoms with Crippen molar-refractivity contribution in [2.75, 3.05) is 20.2 Å². The van der Waals surface area contributed by atoms with E-state index in [0.717, 1.165) is 4.90 Å². The van der Waals surface area contributed by atoms with Crippen molar-refractivity contribution in [3.8, 4) is 0 Å². The molecule has 7 nitrogen and oxygen atoms in total. The first kappa shape index (κ1) is 13.8. The van der Waals surface area contributed by atoms with Crippen LogP contribution in [-0.2, 0) is 21.9 Å². The van der Waals surface area contributed by atoms with Crippen LogP contribution in [0.5, 0.6) is 0 Å². The third kappa shape index (κ3) is 17.9. The molecule has 0 aliphatic carbocycles. The summed E-state index contributed by atoms with van der Waals surface area (Å²) in [6.07, 6.45) is 0. The standard InChI is InChI=1S/C3H9NO3.2H2O.O.Ti/c5-1-4(2-6)3-7;;;;/h5-7H,1-3H2;2*1H2;;/q;;;;+2/p-2. The molecule has 8 heteroatoms. The quantitative estimate of drug-likeness (QED) is 0.244. The van der Waals surface area contributed by atoms with Gasteiger partial charge in [-0.25, -0.2) is 4.90 Å². The fourth-order valence-corrected chi connectivity index (χ4v) is 0.134. The number of aliphatic hydroxyl groups excluding tert-OH is 3. The third-order valence-electron chi connectivity index (χ3n) is 0.600. The van der Waals surface area contributed by atoms with E-state index in [2.05, 4.69) is 0 Å². The molecule has 0 bridgehead atoms. The van der Waals surface area contributed by atoms with Crippen molar-refractivity contribution in [3.05, 3.63) is 0 Å². The van der Waals surface area contributed by atoms with Gasteiger partial charge < -0.3 is 15.3 Å². The Bertz CT molecular complexity index is 86.3. The van der Waals surface area contributed by atoms with Crippen LogP contribution in [0.2, 0.25) is 0 Å². The van der Waals surface area contributed by atoms with Gasteiger partial charge in [0.2, 0.25) is 0 Å². The second kappa shape index (κ2) is 10.3. The molecule has 0 aliphatic heterocycles. The van der Waals surface area contributed by atoms with Crippen LogP contribution in [0, 0.1) is 0 Å². The summed E-state index contributed by atoms with van der Waals surface area (Å²) in [6, 6.07) is 0. The molecule has 0 aliphatic rings. The predicted octanol–water partition coefficient (Wildman–Crippen LogP) is -3.10. The fraction of sp³-hybridized carbons (Fsp3) is 1.00. The van der Waals surface area contributed by atoms with E-state index < -0.39 is 18.6 Å². The molecular formula is C3H11NO6Ti. The van der Waals surface area contributed by atoms with Crippen LogP contribution in [0.3, 0.4) is 0 Å². The zero-order valence-electron chi connectivity index (χ0n) is 5.71. The maximum atomic E-state index is 8.81. The SMILES string of the molecule is OCN(CO)CO.[O]=[Ti]([OH])[OH]. The Morgan fingerprint density at radius 3 is 1.18 bits per heavy atom. The Morgan fingerprint density at radius 2 is 1.18 bits per heavy atom. The van der Waals surface area contributed by atoms with Gasteiger partial charge in [0.25, 0.3) is 0 Å². The van der Waals surface area contributed by atoms with Crippen molar-refractivity contribution in [3.63, 3.8) is 0 Å². The zero-order chi connectivity index (χ0) is 9.28. The number of rotatable bonds is 3. The van der Waals surface area contributed by atoms with E-state index in [1.807, 2.05) is 0 Å². The molecule has 0 saturated carbocycles. The molecule has 0 aromatic rings. The molecule has 0 fully saturated rings. The van der Waals surface area contributed by atoms with Crippen molar-refractivity contribution in [1.29, 1.82) is 0 Å². The molecule has 0 amide bonds. The van der Waals surface area contributed by atoms with Gasteiger partial charge in [0.1, 0.15) is 0 Å². The summed E-state index contributed by atoms with van der Waals surface area (Å²) < 4.78 is 23.2. The first-order chi connectivity index (χ1) is 5.08. The van der Waals surface area contributed by atoms with Crippen molar-refractivity contribution >= 4 is 0 Å². The van der Waals surface area contributed by atoms with Crippen molar-refractivity contribution < 1.29 is 44.6 Å². The van der Waals surface area contributed by atoms with Gasteiger partial charge in [0.15, 0.2) is 0 Å². The molecule has 0 heterocycles. The molecule has 0 aromatic heterocycles. The molecule has 0 atom stereocenters. The second-order valence-corrected chi connectivity index (χ2v) is 2.26. The van der Waals surface area contributed by atoms with Crippen molar-refractivity contribution in [2.45, 2.75) is 0 Å². The summed E-state index contributed by atoms with van der Waals surface area (Å²) in [4.78, 5) is 1.04. The Hall–Kier alpha value is 0.274. The molecule has 0 spiro atoms. The van der Waals surface area contributed by atoms with E-state index in [1.165, 1.54) is 0 Å². The van der Waals surface area contributed by atoms with Crippen molar-refractivity contribution in [2.24, 2.45) is 0 Å². The van der Waals surface area contributed by atoms with Crippen molar-refractivity contribution in [1.82, 2.24) is 4.90 Å². The zero-order valence-corrected chi connectivity index (χ0v) is 7.27. The summed E-state index contributed by atoms with van der Waals surface area (Å²) in [6.45, 7) is -0.938. The Labute approximate surface area is 70.2 Å². The average molecular weight is 205 g/mol. The molecule has 68 valence electrons. The molecule has 0 aromatic carbocycles. The van der Waals surface area contributed by atoms with E-state index >= 15 is 0 Å². The van der Waals surface area contributed by atoms with Gasteiger partial charge in [0.05, 0.1) is 20.2 Å². The molecule has 11 heavy (non-hydrogen) atoms. The topological polar surface area (TPSA) is 121 Å².